The normalized spacial score (nSPS) is 11.7. The third-order valence-corrected chi connectivity index (χ3v) is 5.23. The molecule has 33 heavy (non-hydrogen) atoms. The highest BCUT2D eigenvalue weighted by Crippen LogP contribution is 2.28. The van der Waals surface area contributed by atoms with Crippen molar-refractivity contribution in [3.8, 4) is 22.9 Å². The molecule has 0 unspecified atom stereocenters. The van der Waals surface area contributed by atoms with Crippen molar-refractivity contribution < 1.29 is 19.1 Å². The molecule has 4 N–H and O–H groups in total. The summed E-state index contributed by atoms with van der Waals surface area (Å²) in [5, 5.41) is 2.72. The van der Waals surface area contributed by atoms with Crippen LogP contribution >= 0.6 is 0 Å². The Balaban J connectivity index is 1.53. The van der Waals surface area contributed by atoms with E-state index in [1.165, 1.54) is 7.11 Å². The van der Waals surface area contributed by atoms with Gasteiger partial charge in [0, 0.05) is 29.9 Å². The highest BCUT2D eigenvalue weighted by molar-refractivity contribution is 6.00. The fourth-order valence-electron chi connectivity index (χ4n) is 3.50. The summed E-state index contributed by atoms with van der Waals surface area (Å²) in [4.78, 5) is 36.7. The summed E-state index contributed by atoms with van der Waals surface area (Å²) in [7, 11) is 3.07. The second-order valence-corrected chi connectivity index (χ2v) is 7.38. The predicted octanol–water partition coefficient (Wildman–Crippen LogP) is 2.47. The van der Waals surface area contributed by atoms with Crippen molar-refractivity contribution in [2.45, 2.75) is 12.5 Å². The first-order valence-corrected chi connectivity index (χ1v) is 10.2. The lowest BCUT2D eigenvalue weighted by Crippen LogP contribution is -2.45. The number of hydrogen-bond donors (Lipinski definition) is 3. The number of nitrogens with two attached hydrogens (primary N) is 1. The summed E-state index contributed by atoms with van der Waals surface area (Å²) in [6.45, 7) is 0. The maximum atomic E-state index is 12.9. The average molecular weight is 445 g/mol. The smallest absolute Gasteiger partial charge is 0.252 e. The van der Waals surface area contributed by atoms with E-state index in [9.17, 15) is 9.59 Å². The van der Waals surface area contributed by atoms with Gasteiger partial charge in [-0.15, -0.1) is 0 Å². The largest absolute Gasteiger partial charge is 0.493 e. The van der Waals surface area contributed by atoms with Gasteiger partial charge < -0.3 is 25.5 Å². The van der Waals surface area contributed by atoms with E-state index >= 15 is 0 Å². The fraction of sp³-hybridized carbons (Fsp3) is 0.167. The van der Waals surface area contributed by atoms with Gasteiger partial charge in [0.05, 0.1) is 25.3 Å². The van der Waals surface area contributed by atoms with Gasteiger partial charge in [0.2, 0.25) is 5.91 Å². The van der Waals surface area contributed by atoms with Gasteiger partial charge in [0.15, 0.2) is 11.5 Å². The van der Waals surface area contributed by atoms with Crippen molar-refractivity contribution in [1.29, 1.82) is 0 Å². The Labute approximate surface area is 190 Å². The van der Waals surface area contributed by atoms with Crippen LogP contribution in [0.3, 0.4) is 0 Å². The zero-order valence-electron chi connectivity index (χ0n) is 18.2. The zero-order chi connectivity index (χ0) is 23.4. The van der Waals surface area contributed by atoms with Gasteiger partial charge in [-0.2, -0.15) is 0 Å². The van der Waals surface area contributed by atoms with Crippen molar-refractivity contribution >= 4 is 22.8 Å². The van der Waals surface area contributed by atoms with Crippen LogP contribution in [0.2, 0.25) is 0 Å². The lowest BCUT2D eigenvalue weighted by atomic mass is 10.0. The molecule has 9 nitrogen and oxygen atoms in total. The molecule has 0 spiro atoms. The van der Waals surface area contributed by atoms with E-state index in [0.29, 0.717) is 28.4 Å². The molecule has 2 amide bonds. The minimum atomic E-state index is -0.902. The molecule has 2 aromatic carbocycles. The van der Waals surface area contributed by atoms with Gasteiger partial charge in [-0.1, -0.05) is 6.07 Å². The number of carbonyl (C=O) groups excluding carboxylic acids is 2. The van der Waals surface area contributed by atoms with E-state index in [1.54, 1.807) is 55.9 Å². The molecule has 2 heterocycles. The van der Waals surface area contributed by atoms with Crippen LogP contribution in [0.5, 0.6) is 11.5 Å². The molecule has 0 aliphatic carbocycles. The first kappa shape index (κ1) is 21.8. The van der Waals surface area contributed by atoms with Crippen LogP contribution in [0.25, 0.3) is 22.4 Å². The number of benzene rings is 2. The molecule has 0 saturated heterocycles. The van der Waals surface area contributed by atoms with Crippen LogP contribution in [0.4, 0.5) is 0 Å². The van der Waals surface area contributed by atoms with E-state index in [2.05, 4.69) is 20.3 Å². The molecule has 4 rings (SSSR count). The van der Waals surface area contributed by atoms with Crippen LogP contribution in [0.15, 0.2) is 60.9 Å². The molecular weight excluding hydrogens is 422 g/mol. The molecule has 0 bridgehead atoms. The summed E-state index contributed by atoms with van der Waals surface area (Å²) < 4.78 is 10.5. The summed E-state index contributed by atoms with van der Waals surface area (Å²) in [5.41, 5.74) is 9.01. The third kappa shape index (κ3) is 4.77. The van der Waals surface area contributed by atoms with E-state index in [1.807, 2.05) is 12.1 Å². The Kier molecular flexibility index (Phi) is 6.21. The Hall–Kier alpha value is -4.40. The summed E-state index contributed by atoms with van der Waals surface area (Å²) in [6, 6.07) is 13.2. The van der Waals surface area contributed by atoms with E-state index in [-0.39, 0.29) is 6.42 Å². The molecule has 0 aliphatic rings. The van der Waals surface area contributed by atoms with E-state index < -0.39 is 17.9 Å². The summed E-state index contributed by atoms with van der Waals surface area (Å²) in [6.07, 6.45) is 3.58. The van der Waals surface area contributed by atoms with Crippen molar-refractivity contribution in [3.63, 3.8) is 0 Å². The van der Waals surface area contributed by atoms with Crippen molar-refractivity contribution in [2.24, 2.45) is 5.73 Å². The van der Waals surface area contributed by atoms with Crippen LogP contribution in [0.1, 0.15) is 15.9 Å². The number of methoxy groups -OCH3 is 2. The van der Waals surface area contributed by atoms with E-state index in [0.717, 1.165) is 16.6 Å². The molecule has 168 valence electrons. The lowest BCUT2D eigenvalue weighted by Gasteiger charge is -2.17. The van der Waals surface area contributed by atoms with Crippen LogP contribution in [-0.4, -0.2) is 47.0 Å². The highest BCUT2D eigenvalue weighted by atomic mass is 16.5. The number of hydrogen-bond acceptors (Lipinski definition) is 6. The van der Waals surface area contributed by atoms with Gasteiger partial charge in [0.1, 0.15) is 11.9 Å². The molecule has 0 fully saturated rings. The molecule has 0 aliphatic heterocycles. The number of nitrogens with one attached hydrogen (secondary N) is 2. The van der Waals surface area contributed by atoms with Gasteiger partial charge in [-0.25, -0.2) is 4.98 Å². The number of fused-ring (bicyclic) bond motifs is 1. The maximum Gasteiger partial charge on any atom is 0.252 e. The zero-order valence-corrected chi connectivity index (χ0v) is 18.2. The minimum absolute atomic E-state index is 0.208. The monoisotopic (exact) mass is 445 g/mol. The van der Waals surface area contributed by atoms with Crippen molar-refractivity contribution in [2.75, 3.05) is 14.2 Å². The minimum Gasteiger partial charge on any atom is -0.493 e. The average Bonchev–Trinajstić information content (AvgIpc) is 3.27. The Morgan fingerprint density at radius 2 is 1.79 bits per heavy atom. The number of primary amides is 1. The number of nitrogens with zero attached hydrogens (tertiary/aromatic N) is 2. The Bertz CT molecular complexity index is 1300. The Morgan fingerprint density at radius 3 is 2.48 bits per heavy atom. The number of H-pyrrole nitrogens is 1. The standard InChI is InChI=1S/C24H23N5O4/c1-32-20-6-3-14(12-21(20)33-2)11-19(22(25)30)29-24(31)16-4-5-17-18(13-16)28-23(27-17)15-7-9-26-10-8-15/h3-10,12-13,19H,11H2,1-2H3,(H2,25,30)(H,27,28)(H,29,31)/t19-/m0/s1. The second kappa shape index (κ2) is 9.39. The van der Waals surface area contributed by atoms with Crippen molar-refractivity contribution in [1.82, 2.24) is 20.3 Å². The topological polar surface area (TPSA) is 132 Å². The highest BCUT2D eigenvalue weighted by Gasteiger charge is 2.21. The Morgan fingerprint density at radius 1 is 1.03 bits per heavy atom. The quantitative estimate of drug-likeness (QED) is 0.382. The van der Waals surface area contributed by atoms with Crippen LogP contribution < -0.4 is 20.5 Å². The fourth-order valence-corrected chi connectivity index (χ4v) is 3.50. The summed E-state index contributed by atoms with van der Waals surface area (Å²) >= 11 is 0. The first-order valence-electron chi connectivity index (χ1n) is 10.2. The van der Waals surface area contributed by atoms with Crippen molar-refractivity contribution in [3.05, 3.63) is 72.1 Å². The second-order valence-electron chi connectivity index (χ2n) is 7.38. The molecule has 9 heteroatoms. The van der Waals surface area contributed by atoms with Crippen LogP contribution in [-0.2, 0) is 11.2 Å². The van der Waals surface area contributed by atoms with Gasteiger partial charge in [0.25, 0.3) is 5.91 Å². The van der Waals surface area contributed by atoms with Gasteiger partial charge >= 0.3 is 0 Å². The molecule has 0 saturated carbocycles. The number of amides is 2. The molecule has 2 aromatic heterocycles. The first-order chi connectivity index (χ1) is 16.0. The van der Waals surface area contributed by atoms with Crippen LogP contribution in [0, 0.1) is 0 Å². The summed E-state index contributed by atoms with van der Waals surface area (Å²) in [5.74, 6) is 0.717. The molecule has 1 atom stereocenters. The third-order valence-electron chi connectivity index (χ3n) is 5.23. The molecule has 4 aromatic rings. The molecule has 0 radical (unpaired) electrons. The number of pyridine rings is 1. The lowest BCUT2D eigenvalue weighted by molar-refractivity contribution is -0.119. The number of rotatable bonds is 8. The number of aromatic nitrogens is 3. The number of aromatic amines is 1. The predicted molar refractivity (Wildman–Crippen MR) is 123 cm³/mol. The maximum absolute atomic E-state index is 12.9. The number of ether oxygens (including phenoxy) is 2. The number of carbonyl (C=O) groups is 2. The van der Waals surface area contributed by atoms with Gasteiger partial charge in [-0.05, 0) is 48.0 Å². The van der Waals surface area contributed by atoms with E-state index in [4.69, 9.17) is 15.2 Å². The SMILES string of the molecule is COc1ccc(C[C@H](NC(=O)c2ccc3nc(-c4ccncc4)[nH]c3c2)C(N)=O)cc1OC. The number of imidazole rings is 1. The molecular formula is C24H23N5O4. The van der Waals surface area contributed by atoms with Gasteiger partial charge in [-0.3, -0.25) is 14.6 Å².